The van der Waals surface area contributed by atoms with Gasteiger partial charge in [0.25, 0.3) is 0 Å². The lowest BCUT2D eigenvalue weighted by molar-refractivity contribution is -0.117. The van der Waals surface area contributed by atoms with Gasteiger partial charge in [-0.1, -0.05) is 29.8 Å². The second-order valence-corrected chi connectivity index (χ2v) is 6.52. The topological polar surface area (TPSA) is 75.9 Å². The molecule has 1 aliphatic rings. The van der Waals surface area contributed by atoms with E-state index in [4.69, 9.17) is 0 Å². The molecule has 7 nitrogen and oxygen atoms in total. The lowest BCUT2D eigenvalue weighted by Crippen LogP contribution is -2.33. The fraction of sp³-hybridized carbons (Fsp3) is 0.263. The van der Waals surface area contributed by atoms with E-state index in [0.717, 1.165) is 23.4 Å². The van der Waals surface area contributed by atoms with Crippen molar-refractivity contribution < 1.29 is 4.79 Å². The number of rotatable bonds is 4. The number of nitrogens with one attached hydrogen (secondary N) is 1. The molecule has 1 atom stereocenters. The van der Waals surface area contributed by atoms with Crippen LogP contribution in [-0.2, 0) is 11.8 Å². The Bertz CT molecular complexity index is 933. The minimum Gasteiger partial charge on any atom is -0.374 e. The van der Waals surface area contributed by atoms with Gasteiger partial charge in [0.15, 0.2) is 5.82 Å². The van der Waals surface area contributed by atoms with Crippen LogP contribution >= 0.6 is 0 Å². The van der Waals surface area contributed by atoms with Crippen molar-refractivity contribution >= 4 is 17.3 Å². The van der Waals surface area contributed by atoms with Gasteiger partial charge in [0.2, 0.25) is 5.91 Å². The Morgan fingerprint density at radius 1 is 1.15 bits per heavy atom. The number of anilines is 2. The number of aromatic nitrogens is 4. The van der Waals surface area contributed by atoms with Gasteiger partial charge in [0.05, 0.1) is 0 Å². The molecule has 1 aliphatic heterocycles. The number of aryl methyl sites for hydroxylation is 2. The molecule has 2 heterocycles. The van der Waals surface area contributed by atoms with Crippen molar-refractivity contribution in [1.82, 2.24) is 20.2 Å². The highest BCUT2D eigenvalue weighted by Crippen LogP contribution is 2.25. The van der Waals surface area contributed by atoms with Crippen molar-refractivity contribution in [1.29, 1.82) is 0 Å². The van der Waals surface area contributed by atoms with Gasteiger partial charge in [-0.25, -0.2) is 4.68 Å². The van der Waals surface area contributed by atoms with E-state index in [1.54, 1.807) is 11.7 Å². The standard InChI is InChI=1S/C19H20N6O/c1-13-6-8-16(9-7-13)25-11-10-17(19(25)26)20-15-5-3-4-14(12-15)18-21-22-23-24(18)2/h3-9,12,17,20H,10-11H2,1-2H3/t17-/m1/s1. The molecule has 2 aromatic carbocycles. The first-order chi connectivity index (χ1) is 12.6. The number of hydrogen-bond donors (Lipinski definition) is 1. The Balaban J connectivity index is 1.51. The van der Waals surface area contributed by atoms with Crippen LogP contribution in [0.3, 0.4) is 0 Å². The van der Waals surface area contributed by atoms with Crippen LogP contribution in [0.1, 0.15) is 12.0 Å². The Morgan fingerprint density at radius 2 is 1.96 bits per heavy atom. The Kier molecular flexibility index (Phi) is 4.12. The Morgan fingerprint density at radius 3 is 2.69 bits per heavy atom. The molecule has 0 radical (unpaired) electrons. The highest BCUT2D eigenvalue weighted by Gasteiger charge is 2.32. The van der Waals surface area contributed by atoms with Gasteiger partial charge in [0.1, 0.15) is 6.04 Å². The summed E-state index contributed by atoms with van der Waals surface area (Å²) in [6.45, 7) is 2.76. The van der Waals surface area contributed by atoms with E-state index < -0.39 is 0 Å². The van der Waals surface area contributed by atoms with Crippen molar-refractivity contribution in [2.24, 2.45) is 7.05 Å². The van der Waals surface area contributed by atoms with Crippen molar-refractivity contribution in [3.63, 3.8) is 0 Å². The van der Waals surface area contributed by atoms with Crippen molar-refractivity contribution in [3.8, 4) is 11.4 Å². The fourth-order valence-electron chi connectivity index (χ4n) is 3.22. The van der Waals surface area contributed by atoms with Crippen molar-refractivity contribution in [2.45, 2.75) is 19.4 Å². The highest BCUT2D eigenvalue weighted by atomic mass is 16.2. The number of tetrazole rings is 1. The predicted octanol–water partition coefficient (Wildman–Crippen LogP) is 2.40. The van der Waals surface area contributed by atoms with E-state index in [2.05, 4.69) is 20.8 Å². The largest absolute Gasteiger partial charge is 0.374 e. The highest BCUT2D eigenvalue weighted by molar-refractivity contribution is 6.01. The van der Waals surface area contributed by atoms with Gasteiger partial charge in [-0.2, -0.15) is 0 Å². The second-order valence-electron chi connectivity index (χ2n) is 6.52. The van der Waals surface area contributed by atoms with Crippen LogP contribution in [0, 0.1) is 6.92 Å². The van der Waals surface area contributed by atoms with Gasteiger partial charge in [-0.15, -0.1) is 5.10 Å². The van der Waals surface area contributed by atoms with Gasteiger partial charge in [0, 0.05) is 30.5 Å². The molecule has 1 amide bonds. The average Bonchev–Trinajstić information content (AvgIpc) is 3.23. The molecule has 4 rings (SSSR count). The lowest BCUT2D eigenvalue weighted by atomic mass is 10.1. The van der Waals surface area contributed by atoms with Crippen molar-refractivity contribution in [2.75, 3.05) is 16.8 Å². The summed E-state index contributed by atoms with van der Waals surface area (Å²) in [5.41, 5.74) is 3.92. The van der Waals surface area contributed by atoms with E-state index in [9.17, 15) is 4.79 Å². The number of hydrogen-bond acceptors (Lipinski definition) is 5. The summed E-state index contributed by atoms with van der Waals surface area (Å²) in [5.74, 6) is 0.785. The molecule has 1 saturated heterocycles. The van der Waals surface area contributed by atoms with Crippen LogP contribution in [0.25, 0.3) is 11.4 Å². The number of carbonyl (C=O) groups is 1. The minimum atomic E-state index is -0.232. The summed E-state index contributed by atoms with van der Waals surface area (Å²) >= 11 is 0. The molecule has 0 aliphatic carbocycles. The average molecular weight is 348 g/mol. The Labute approximate surface area is 151 Å². The van der Waals surface area contributed by atoms with Crippen LogP contribution in [0.15, 0.2) is 48.5 Å². The van der Waals surface area contributed by atoms with E-state index in [1.807, 2.05) is 60.4 Å². The third kappa shape index (κ3) is 3.03. The maximum Gasteiger partial charge on any atom is 0.249 e. The second kappa shape index (κ2) is 6.59. The molecule has 1 fully saturated rings. The molecular weight excluding hydrogens is 328 g/mol. The number of benzene rings is 2. The molecule has 1 N–H and O–H groups in total. The maximum absolute atomic E-state index is 12.8. The predicted molar refractivity (Wildman–Crippen MR) is 99.8 cm³/mol. The summed E-state index contributed by atoms with van der Waals surface area (Å²) in [7, 11) is 1.80. The van der Waals surface area contributed by atoms with E-state index in [1.165, 1.54) is 5.56 Å². The summed E-state index contributed by atoms with van der Waals surface area (Å²) in [4.78, 5) is 14.6. The van der Waals surface area contributed by atoms with E-state index in [-0.39, 0.29) is 11.9 Å². The normalized spacial score (nSPS) is 16.9. The first-order valence-electron chi connectivity index (χ1n) is 8.59. The van der Waals surface area contributed by atoms with Crippen LogP contribution in [0.2, 0.25) is 0 Å². The van der Waals surface area contributed by atoms with Crippen LogP contribution in [0.5, 0.6) is 0 Å². The molecule has 26 heavy (non-hydrogen) atoms. The molecule has 0 bridgehead atoms. The molecule has 7 heteroatoms. The molecule has 3 aromatic rings. The van der Waals surface area contributed by atoms with Gasteiger partial charge < -0.3 is 10.2 Å². The SMILES string of the molecule is Cc1ccc(N2CC[C@@H](Nc3cccc(-c4nnnn4C)c3)C2=O)cc1. The van der Waals surface area contributed by atoms with Gasteiger partial charge in [-0.05, 0) is 48.0 Å². The first-order valence-corrected chi connectivity index (χ1v) is 8.59. The third-order valence-corrected chi connectivity index (χ3v) is 4.63. The summed E-state index contributed by atoms with van der Waals surface area (Å²) in [6.07, 6.45) is 0.766. The molecule has 1 aromatic heterocycles. The number of amides is 1. The van der Waals surface area contributed by atoms with Crippen molar-refractivity contribution in [3.05, 3.63) is 54.1 Å². The Hall–Kier alpha value is -3.22. The zero-order chi connectivity index (χ0) is 18.1. The summed E-state index contributed by atoms with van der Waals surface area (Å²) in [6, 6.07) is 15.6. The minimum absolute atomic E-state index is 0.0968. The first kappa shape index (κ1) is 16.3. The van der Waals surface area contributed by atoms with Crippen LogP contribution in [0.4, 0.5) is 11.4 Å². The molecule has 0 saturated carbocycles. The van der Waals surface area contributed by atoms with Crippen LogP contribution < -0.4 is 10.2 Å². The fourth-order valence-corrected chi connectivity index (χ4v) is 3.22. The molecular formula is C19H20N6O. The summed E-state index contributed by atoms with van der Waals surface area (Å²) in [5, 5.41) is 14.9. The smallest absolute Gasteiger partial charge is 0.249 e. The molecule has 0 unspecified atom stereocenters. The van der Waals surface area contributed by atoms with Gasteiger partial charge in [-0.3, -0.25) is 4.79 Å². The lowest BCUT2D eigenvalue weighted by Gasteiger charge is -2.18. The third-order valence-electron chi connectivity index (χ3n) is 4.63. The quantitative estimate of drug-likeness (QED) is 0.783. The maximum atomic E-state index is 12.8. The number of nitrogens with zero attached hydrogens (tertiary/aromatic N) is 5. The zero-order valence-corrected chi connectivity index (χ0v) is 14.8. The molecule has 132 valence electrons. The molecule has 0 spiro atoms. The van der Waals surface area contributed by atoms with E-state index in [0.29, 0.717) is 12.4 Å². The zero-order valence-electron chi connectivity index (χ0n) is 14.8. The summed E-state index contributed by atoms with van der Waals surface area (Å²) < 4.78 is 1.62. The van der Waals surface area contributed by atoms with Gasteiger partial charge >= 0.3 is 0 Å². The number of carbonyl (C=O) groups excluding carboxylic acids is 1. The van der Waals surface area contributed by atoms with Crippen LogP contribution in [-0.4, -0.2) is 38.7 Å². The van der Waals surface area contributed by atoms with E-state index >= 15 is 0 Å². The monoisotopic (exact) mass is 348 g/mol.